The quantitative estimate of drug-likeness (QED) is 0.577. The van der Waals surface area contributed by atoms with E-state index in [1.165, 1.54) is 24.8 Å². The molecule has 1 saturated heterocycles. The predicted octanol–water partition coefficient (Wildman–Crippen LogP) is 4.12. The number of ether oxygens (including phenoxy) is 1. The van der Waals surface area contributed by atoms with Crippen molar-refractivity contribution >= 4 is 5.70 Å². The molecule has 1 aromatic carbocycles. The minimum absolute atomic E-state index is 0.0478. The fourth-order valence-corrected chi connectivity index (χ4v) is 3.12. The van der Waals surface area contributed by atoms with Gasteiger partial charge in [0.1, 0.15) is 11.6 Å². The molecule has 1 fully saturated rings. The van der Waals surface area contributed by atoms with Gasteiger partial charge in [-0.1, -0.05) is 40.2 Å². The van der Waals surface area contributed by atoms with Crippen LogP contribution in [0.4, 0.5) is 8.78 Å². The monoisotopic (exact) mass is 446 g/mol. The Balaban J connectivity index is 0.00000114. The van der Waals surface area contributed by atoms with E-state index in [0.717, 1.165) is 12.1 Å². The van der Waals surface area contributed by atoms with Crippen LogP contribution in [0.2, 0.25) is 0 Å². The molecule has 1 unspecified atom stereocenters. The van der Waals surface area contributed by atoms with Gasteiger partial charge in [0, 0.05) is 23.5 Å². The molecule has 0 spiro atoms. The van der Waals surface area contributed by atoms with Gasteiger partial charge in [-0.25, -0.2) is 8.78 Å². The van der Waals surface area contributed by atoms with Gasteiger partial charge in [0.2, 0.25) is 0 Å². The number of allylic oxidation sites excluding steroid dienone is 3. The van der Waals surface area contributed by atoms with Crippen LogP contribution in [0.15, 0.2) is 47.9 Å². The smallest absolute Gasteiger partial charge is 0.154 e. The minimum Gasteiger partial charge on any atom is -0.401 e. The van der Waals surface area contributed by atoms with Crippen molar-refractivity contribution in [3.63, 3.8) is 0 Å². The summed E-state index contributed by atoms with van der Waals surface area (Å²) in [5.74, 6) is -1.83. The normalized spacial score (nSPS) is 16.9. The maximum atomic E-state index is 14.0. The van der Waals surface area contributed by atoms with Gasteiger partial charge in [-0.15, -0.1) is 0 Å². The lowest BCUT2D eigenvalue weighted by Crippen LogP contribution is -2.47. The Morgan fingerprint density at radius 1 is 1.19 bits per heavy atom. The summed E-state index contributed by atoms with van der Waals surface area (Å²) in [5, 5.41) is 10.4. The van der Waals surface area contributed by atoms with E-state index in [-0.39, 0.29) is 30.4 Å². The summed E-state index contributed by atoms with van der Waals surface area (Å²) in [5.41, 5.74) is 12.9. The van der Waals surface area contributed by atoms with E-state index in [4.69, 9.17) is 16.2 Å². The van der Waals surface area contributed by atoms with E-state index in [9.17, 15) is 13.9 Å². The van der Waals surface area contributed by atoms with Crippen LogP contribution >= 0.6 is 0 Å². The number of benzene rings is 1. The summed E-state index contributed by atoms with van der Waals surface area (Å²) < 4.78 is 33.1. The zero-order valence-electron chi connectivity index (χ0n) is 19.0. The molecule has 1 aliphatic heterocycles. The molecule has 6 nitrogen and oxygen atoms in total. The average Bonchev–Trinajstić information content (AvgIpc) is 2.75. The lowest BCUT2D eigenvalue weighted by molar-refractivity contribution is -0.187. The number of aliphatic hydroxyl groups is 1. The van der Waals surface area contributed by atoms with E-state index < -0.39 is 17.2 Å². The molecule has 5 N–H and O–H groups in total. The molecule has 0 aliphatic carbocycles. The largest absolute Gasteiger partial charge is 0.401 e. The molecule has 0 saturated carbocycles. The number of nitrogens with zero attached hydrogens (tertiary/aromatic N) is 2. The molecule has 32 heavy (non-hydrogen) atoms. The Morgan fingerprint density at radius 2 is 1.78 bits per heavy atom. The molecule has 174 valence electrons. The van der Waals surface area contributed by atoms with Gasteiger partial charge >= 0.3 is 0 Å². The summed E-state index contributed by atoms with van der Waals surface area (Å²) >= 11 is 0. The second kappa shape index (κ2) is 11.2. The highest BCUT2D eigenvalue weighted by atomic mass is 19.1. The van der Waals surface area contributed by atoms with E-state index >= 15 is 0 Å². The third kappa shape index (κ3) is 5.69. The van der Waals surface area contributed by atoms with Crippen LogP contribution in [-0.2, 0) is 10.3 Å². The Kier molecular flexibility index (Phi) is 8.86. The molecule has 1 atom stereocenters. The van der Waals surface area contributed by atoms with Crippen molar-refractivity contribution in [2.75, 3.05) is 13.2 Å². The van der Waals surface area contributed by atoms with Crippen LogP contribution in [-0.4, -0.2) is 28.3 Å². The summed E-state index contributed by atoms with van der Waals surface area (Å²) in [6, 6.07) is 3.58. The Hall–Kier alpha value is -2.84. The SMILES string of the molecule is CCC.CCC(/C=C(\N)c1c(F)cccc1F)=C(/N)C(C)c1cncc(C2(O)COC2)n1. The van der Waals surface area contributed by atoms with Crippen molar-refractivity contribution in [2.24, 2.45) is 11.5 Å². The minimum atomic E-state index is -1.14. The number of hydrogen-bond donors (Lipinski definition) is 3. The third-order valence-electron chi connectivity index (χ3n) is 5.05. The van der Waals surface area contributed by atoms with Crippen molar-refractivity contribution in [1.29, 1.82) is 0 Å². The first-order chi connectivity index (χ1) is 15.2. The van der Waals surface area contributed by atoms with Crippen molar-refractivity contribution in [3.8, 4) is 0 Å². The average molecular weight is 447 g/mol. The van der Waals surface area contributed by atoms with E-state index in [0.29, 0.717) is 29.1 Å². The van der Waals surface area contributed by atoms with E-state index in [1.54, 1.807) is 6.20 Å². The molecule has 2 heterocycles. The lowest BCUT2D eigenvalue weighted by Gasteiger charge is -2.35. The topological polar surface area (TPSA) is 107 Å². The van der Waals surface area contributed by atoms with Crippen LogP contribution in [0.1, 0.15) is 63.4 Å². The summed E-state index contributed by atoms with van der Waals surface area (Å²) in [4.78, 5) is 8.65. The van der Waals surface area contributed by atoms with Crippen molar-refractivity contribution < 1.29 is 18.6 Å². The lowest BCUT2D eigenvalue weighted by atomic mass is 9.95. The highest BCUT2D eigenvalue weighted by Gasteiger charge is 2.40. The molecule has 0 radical (unpaired) electrons. The summed E-state index contributed by atoms with van der Waals surface area (Å²) in [7, 11) is 0. The first-order valence-corrected chi connectivity index (χ1v) is 10.7. The highest BCUT2D eigenvalue weighted by Crippen LogP contribution is 2.30. The Bertz CT molecular complexity index is 967. The first kappa shape index (κ1) is 25.4. The second-order valence-corrected chi connectivity index (χ2v) is 7.81. The van der Waals surface area contributed by atoms with Crippen molar-refractivity contribution in [3.05, 3.63) is 76.5 Å². The summed E-state index contributed by atoms with van der Waals surface area (Å²) in [6.45, 7) is 8.29. The first-order valence-electron chi connectivity index (χ1n) is 10.7. The zero-order valence-corrected chi connectivity index (χ0v) is 19.0. The van der Waals surface area contributed by atoms with E-state index in [1.807, 2.05) is 13.8 Å². The number of halogens is 2. The molecular weight excluding hydrogens is 414 g/mol. The number of rotatable bonds is 6. The molecule has 1 aromatic heterocycles. The molecular formula is C24H32F2N4O2. The molecule has 1 aliphatic rings. The van der Waals surface area contributed by atoms with Crippen LogP contribution in [0.5, 0.6) is 0 Å². The molecule has 3 rings (SSSR count). The number of hydrogen-bond acceptors (Lipinski definition) is 6. The van der Waals surface area contributed by atoms with Crippen LogP contribution in [0.3, 0.4) is 0 Å². The van der Waals surface area contributed by atoms with Gasteiger partial charge in [0.25, 0.3) is 0 Å². The molecule has 0 amide bonds. The predicted molar refractivity (Wildman–Crippen MR) is 121 cm³/mol. The number of aromatic nitrogens is 2. The van der Waals surface area contributed by atoms with Crippen LogP contribution in [0, 0.1) is 11.6 Å². The maximum absolute atomic E-state index is 14.0. The van der Waals surface area contributed by atoms with Gasteiger partial charge in [0.15, 0.2) is 5.60 Å². The maximum Gasteiger partial charge on any atom is 0.154 e. The summed E-state index contributed by atoms with van der Waals surface area (Å²) in [6.07, 6.45) is 6.30. The second-order valence-electron chi connectivity index (χ2n) is 7.81. The van der Waals surface area contributed by atoms with Gasteiger partial charge < -0.3 is 21.3 Å². The van der Waals surface area contributed by atoms with Crippen molar-refractivity contribution in [1.82, 2.24) is 9.97 Å². The molecule has 2 aromatic rings. The van der Waals surface area contributed by atoms with Crippen molar-refractivity contribution in [2.45, 2.75) is 52.1 Å². The Labute approximate surface area is 188 Å². The highest BCUT2D eigenvalue weighted by molar-refractivity contribution is 5.66. The fraction of sp³-hybridized carbons (Fsp3) is 0.417. The van der Waals surface area contributed by atoms with E-state index in [2.05, 4.69) is 23.8 Å². The molecule has 0 bridgehead atoms. The fourth-order valence-electron chi connectivity index (χ4n) is 3.12. The van der Waals surface area contributed by atoms with Crippen LogP contribution < -0.4 is 11.5 Å². The van der Waals surface area contributed by atoms with Crippen LogP contribution in [0.25, 0.3) is 5.70 Å². The molecule has 8 heteroatoms. The van der Waals surface area contributed by atoms with Gasteiger partial charge in [-0.3, -0.25) is 9.97 Å². The standard InChI is InChI=1S/C21H24F2N4O2.C3H8/c1-3-13(7-16(24)19-14(22)5-4-6-15(19)23)20(25)12(2)17-8-26-9-18(27-17)21(28)10-29-11-21;1-3-2/h4-9,12,28H,3,10-11,24-25H2,1-2H3;3H2,1-2H3/b16-7-,20-13-;. The van der Waals surface area contributed by atoms with Gasteiger partial charge in [0.05, 0.1) is 36.4 Å². The third-order valence-corrected chi connectivity index (χ3v) is 5.05. The number of nitrogens with two attached hydrogens (primary N) is 2. The zero-order chi connectivity index (χ0) is 23.9. The Morgan fingerprint density at radius 3 is 2.28 bits per heavy atom. The van der Waals surface area contributed by atoms with Gasteiger partial charge in [-0.05, 0) is 30.2 Å². The van der Waals surface area contributed by atoms with Gasteiger partial charge in [-0.2, -0.15) is 0 Å².